The molecule has 56 heavy (non-hydrogen) atoms. The molecule has 9 nitrogen and oxygen atoms in total. The highest BCUT2D eigenvalue weighted by molar-refractivity contribution is 5.81. The van der Waals surface area contributed by atoms with Gasteiger partial charge in [0.2, 0.25) is 0 Å². The quantitative estimate of drug-likeness (QED) is 0.0383. The smallest absolute Gasteiger partial charge is 0.306 e. The van der Waals surface area contributed by atoms with Crippen molar-refractivity contribution in [2.75, 3.05) is 34.0 Å². The molecule has 1 atom stereocenters. The monoisotopic (exact) mass is 757 g/mol. The molecule has 0 aliphatic heterocycles. The van der Waals surface area contributed by atoms with E-state index in [0.717, 1.165) is 41.0 Å². The molecule has 0 radical (unpaired) electrons. The Bertz CT molecular complexity index is 1900. The number of ketones is 1. The fourth-order valence-electron chi connectivity index (χ4n) is 7.08. The largest absolute Gasteiger partial charge is 0.497 e. The minimum Gasteiger partial charge on any atom is -0.497 e. The molecule has 1 aliphatic carbocycles. The maximum Gasteiger partial charge on any atom is 0.306 e. The lowest BCUT2D eigenvalue weighted by molar-refractivity contribution is -0.156. The van der Waals surface area contributed by atoms with Crippen LogP contribution in [0.25, 0.3) is 11.1 Å². The molecular formula is C47H51NO8. The third-order valence-electron chi connectivity index (χ3n) is 9.91. The van der Waals surface area contributed by atoms with Crippen LogP contribution in [0, 0.1) is 0 Å². The number of esters is 1. The Morgan fingerprint density at radius 2 is 1.21 bits per heavy atom. The summed E-state index contributed by atoms with van der Waals surface area (Å²) in [7, 11) is 3.26. The topological polar surface area (TPSA) is 123 Å². The molecule has 9 heteroatoms. The molecular weight excluding hydrogens is 707 g/mol. The number of Topliss-reactive ketones (excluding diaryl/α,β-unsaturated/α-hetero) is 1. The molecule has 0 bridgehead atoms. The van der Waals surface area contributed by atoms with Crippen molar-refractivity contribution >= 4 is 18.2 Å². The lowest BCUT2D eigenvalue weighted by Gasteiger charge is -2.37. The summed E-state index contributed by atoms with van der Waals surface area (Å²) in [6, 6.07) is 42.1. The van der Waals surface area contributed by atoms with Crippen molar-refractivity contribution in [1.29, 1.82) is 0 Å². The molecule has 5 aromatic rings. The number of hydrogen-bond donors (Lipinski definition) is 1. The van der Waals surface area contributed by atoms with Gasteiger partial charge in [0.25, 0.3) is 6.47 Å². The highest BCUT2D eigenvalue weighted by atomic mass is 16.6. The zero-order valence-corrected chi connectivity index (χ0v) is 32.4. The summed E-state index contributed by atoms with van der Waals surface area (Å²) < 4.78 is 28.5. The summed E-state index contributed by atoms with van der Waals surface area (Å²) >= 11 is 0. The predicted molar refractivity (Wildman–Crippen MR) is 217 cm³/mol. The van der Waals surface area contributed by atoms with Crippen molar-refractivity contribution in [3.8, 4) is 22.6 Å². The Morgan fingerprint density at radius 3 is 1.71 bits per heavy atom. The molecule has 6 rings (SSSR count). The molecule has 1 aliphatic rings. The first-order valence-electron chi connectivity index (χ1n) is 19.0. The Hall–Kier alpha value is -5.77. The number of ether oxygens (including phenoxy) is 5. The van der Waals surface area contributed by atoms with Gasteiger partial charge in [-0.25, -0.2) is 0 Å². The van der Waals surface area contributed by atoms with Gasteiger partial charge in [0, 0.05) is 12.3 Å². The standard InChI is InChI=1S/C32H39NO6.C15H12O2/c1-24(34)12-21-31(35)39-30(11-7-8-22-33)23-38-32(25-9-5-4-6-10-25,26-13-17-28(36-2)18-14-26)27-15-19-29(37-3)20-16-27;16-10-17-9-15-13-7-3-1-5-11(13)12-6-2-4-8-14(12)15/h4-6,9-10,13-20,30H,7-8,11-12,21-23,33H2,1-3H3;1-8,10,15H,9H2. The third kappa shape index (κ3) is 10.3. The molecule has 292 valence electrons. The lowest BCUT2D eigenvalue weighted by atomic mass is 9.80. The van der Waals surface area contributed by atoms with E-state index in [0.29, 0.717) is 26.0 Å². The van der Waals surface area contributed by atoms with E-state index in [1.54, 1.807) is 14.2 Å². The van der Waals surface area contributed by atoms with Gasteiger partial charge in [-0.15, -0.1) is 0 Å². The second kappa shape index (κ2) is 20.8. The van der Waals surface area contributed by atoms with E-state index in [-0.39, 0.29) is 31.1 Å². The van der Waals surface area contributed by atoms with Gasteiger partial charge < -0.3 is 34.2 Å². The zero-order valence-electron chi connectivity index (χ0n) is 32.4. The molecule has 2 N–H and O–H groups in total. The van der Waals surface area contributed by atoms with Crippen molar-refractivity contribution < 1.29 is 38.1 Å². The molecule has 0 saturated heterocycles. The van der Waals surface area contributed by atoms with Gasteiger partial charge in [0.1, 0.15) is 35.6 Å². The minimum absolute atomic E-state index is 0.0451. The van der Waals surface area contributed by atoms with E-state index in [2.05, 4.69) is 24.3 Å². The fraction of sp³-hybridized carbons (Fsp3) is 0.298. The molecule has 0 aromatic heterocycles. The number of nitrogens with two attached hydrogens (primary N) is 1. The predicted octanol–water partition coefficient (Wildman–Crippen LogP) is 8.39. The van der Waals surface area contributed by atoms with E-state index >= 15 is 0 Å². The number of fused-ring (bicyclic) bond motifs is 3. The highest BCUT2D eigenvalue weighted by Crippen LogP contribution is 2.45. The molecule has 1 unspecified atom stereocenters. The minimum atomic E-state index is -1.02. The first-order chi connectivity index (χ1) is 27.3. The van der Waals surface area contributed by atoms with Crippen LogP contribution in [0.5, 0.6) is 11.5 Å². The number of hydrogen-bond acceptors (Lipinski definition) is 9. The number of unbranched alkanes of at least 4 members (excludes halogenated alkanes) is 1. The van der Waals surface area contributed by atoms with Crippen molar-refractivity contribution in [2.24, 2.45) is 5.73 Å². The molecule has 0 fully saturated rings. The van der Waals surface area contributed by atoms with Crippen LogP contribution in [-0.4, -0.2) is 58.3 Å². The Morgan fingerprint density at radius 1 is 0.696 bits per heavy atom. The van der Waals surface area contributed by atoms with E-state index in [4.69, 9.17) is 29.4 Å². The van der Waals surface area contributed by atoms with Crippen LogP contribution in [0.2, 0.25) is 0 Å². The summed E-state index contributed by atoms with van der Waals surface area (Å²) in [5.74, 6) is 1.17. The Labute approximate surface area is 329 Å². The summed E-state index contributed by atoms with van der Waals surface area (Å²) in [6.45, 7) is 3.09. The van der Waals surface area contributed by atoms with Crippen LogP contribution in [0.15, 0.2) is 127 Å². The van der Waals surface area contributed by atoms with Crippen molar-refractivity contribution in [2.45, 2.75) is 56.7 Å². The average Bonchev–Trinajstić information content (AvgIpc) is 3.56. The van der Waals surface area contributed by atoms with E-state index in [9.17, 15) is 14.4 Å². The maximum absolute atomic E-state index is 12.6. The maximum atomic E-state index is 12.6. The number of benzene rings is 5. The first-order valence-corrected chi connectivity index (χ1v) is 19.0. The molecule has 0 amide bonds. The van der Waals surface area contributed by atoms with Gasteiger partial charge in [-0.3, -0.25) is 9.59 Å². The number of carbonyl (C=O) groups excluding carboxylic acids is 3. The van der Waals surface area contributed by atoms with Crippen molar-refractivity contribution in [1.82, 2.24) is 0 Å². The van der Waals surface area contributed by atoms with Gasteiger partial charge in [-0.1, -0.05) is 103 Å². The summed E-state index contributed by atoms with van der Waals surface area (Å²) in [5, 5.41) is 0. The van der Waals surface area contributed by atoms with Crippen LogP contribution in [0.4, 0.5) is 0 Å². The van der Waals surface area contributed by atoms with Crippen molar-refractivity contribution in [3.05, 3.63) is 155 Å². The highest BCUT2D eigenvalue weighted by Gasteiger charge is 2.39. The van der Waals surface area contributed by atoms with Crippen LogP contribution < -0.4 is 15.2 Å². The normalized spacial score (nSPS) is 12.3. The molecule has 5 aromatic carbocycles. The summed E-state index contributed by atoms with van der Waals surface area (Å²) in [5.41, 5.74) is 12.4. The SMILES string of the molecule is COc1ccc(C(OCC(CCCCN)OC(=O)CCC(C)=O)(c2ccccc2)c2ccc(OC)cc2)cc1.O=COCC1c2ccccc2-c2ccccc21. The molecule has 0 spiro atoms. The summed E-state index contributed by atoms with van der Waals surface area (Å²) in [6.07, 6.45) is 1.88. The van der Waals surface area contributed by atoms with Gasteiger partial charge in [0.05, 0.1) is 27.2 Å². The van der Waals surface area contributed by atoms with Gasteiger partial charge >= 0.3 is 5.97 Å². The second-order valence-electron chi connectivity index (χ2n) is 13.6. The summed E-state index contributed by atoms with van der Waals surface area (Å²) in [4.78, 5) is 34.3. The van der Waals surface area contributed by atoms with E-state index < -0.39 is 17.7 Å². The van der Waals surface area contributed by atoms with Crippen LogP contribution in [0.3, 0.4) is 0 Å². The Kier molecular flexibility index (Phi) is 15.4. The van der Waals surface area contributed by atoms with Crippen LogP contribution >= 0.6 is 0 Å². The zero-order chi connectivity index (χ0) is 39.8. The first kappa shape index (κ1) is 41.4. The molecule has 0 saturated carbocycles. The van der Waals surface area contributed by atoms with Crippen molar-refractivity contribution in [3.63, 3.8) is 0 Å². The number of methoxy groups -OCH3 is 2. The Balaban J connectivity index is 0.000000290. The van der Waals surface area contributed by atoms with E-state index in [1.165, 1.54) is 29.2 Å². The van der Waals surface area contributed by atoms with Gasteiger partial charge in [0.15, 0.2) is 0 Å². The van der Waals surface area contributed by atoms with Gasteiger partial charge in [-0.05, 0) is 95.9 Å². The average molecular weight is 758 g/mol. The van der Waals surface area contributed by atoms with Gasteiger partial charge in [-0.2, -0.15) is 0 Å². The third-order valence-corrected chi connectivity index (χ3v) is 9.91. The lowest BCUT2D eigenvalue weighted by Crippen LogP contribution is -2.37. The second-order valence-corrected chi connectivity index (χ2v) is 13.6. The van der Waals surface area contributed by atoms with E-state index in [1.807, 2.05) is 103 Å². The van der Waals surface area contributed by atoms with Crippen LogP contribution in [-0.2, 0) is 34.2 Å². The fourth-order valence-corrected chi connectivity index (χ4v) is 7.08. The van der Waals surface area contributed by atoms with Crippen LogP contribution in [0.1, 0.15) is 72.8 Å². The number of carbonyl (C=O) groups is 3. The molecule has 0 heterocycles. The number of rotatable bonds is 19.